The van der Waals surface area contributed by atoms with E-state index in [9.17, 15) is 0 Å². The lowest BCUT2D eigenvalue weighted by atomic mass is 10.2. The number of aromatic nitrogens is 1. The molecule has 1 aliphatic rings. The molecule has 4 nitrogen and oxygen atoms in total. The van der Waals surface area contributed by atoms with Gasteiger partial charge in [-0.15, -0.1) is 11.3 Å². The Morgan fingerprint density at radius 3 is 2.47 bits per heavy atom. The number of nitrogen functional groups attached to an aromatic ring is 1. The third-order valence-corrected chi connectivity index (χ3v) is 4.24. The SMILES string of the molecule is Nc1ccc(N2CCN(Cc3nccs3)CC2)cc1. The van der Waals surface area contributed by atoms with Gasteiger partial charge in [0.2, 0.25) is 0 Å². The zero-order valence-corrected chi connectivity index (χ0v) is 11.6. The third kappa shape index (κ3) is 3.05. The fourth-order valence-corrected chi connectivity index (χ4v) is 3.03. The summed E-state index contributed by atoms with van der Waals surface area (Å²) in [5, 5.41) is 3.25. The van der Waals surface area contributed by atoms with Crippen LogP contribution in [0, 0.1) is 0 Å². The van der Waals surface area contributed by atoms with Gasteiger partial charge in [0.25, 0.3) is 0 Å². The van der Waals surface area contributed by atoms with E-state index in [1.807, 2.05) is 23.7 Å². The summed E-state index contributed by atoms with van der Waals surface area (Å²) in [6, 6.07) is 8.15. The van der Waals surface area contributed by atoms with Gasteiger partial charge < -0.3 is 10.6 Å². The molecule has 0 atom stereocenters. The zero-order chi connectivity index (χ0) is 13.1. The second-order valence-electron chi connectivity index (χ2n) is 4.78. The van der Waals surface area contributed by atoms with E-state index in [1.54, 1.807) is 11.3 Å². The molecule has 3 rings (SSSR count). The number of anilines is 2. The minimum absolute atomic E-state index is 0.825. The van der Waals surface area contributed by atoms with Crippen molar-refractivity contribution >= 4 is 22.7 Å². The number of piperazine rings is 1. The first kappa shape index (κ1) is 12.4. The Bertz CT molecular complexity index is 501. The number of nitrogens with two attached hydrogens (primary N) is 1. The zero-order valence-electron chi connectivity index (χ0n) is 10.8. The molecule has 0 amide bonds. The predicted molar refractivity (Wildman–Crippen MR) is 80.5 cm³/mol. The van der Waals surface area contributed by atoms with E-state index in [0.29, 0.717) is 0 Å². The first-order chi connectivity index (χ1) is 9.31. The minimum Gasteiger partial charge on any atom is -0.399 e. The summed E-state index contributed by atoms with van der Waals surface area (Å²) in [5.74, 6) is 0. The average molecular weight is 274 g/mol. The number of thiazole rings is 1. The standard InChI is InChI=1S/C14H18N4S/c15-12-1-3-13(4-2-12)18-8-6-17(7-9-18)11-14-16-5-10-19-14/h1-5,10H,6-9,11,15H2. The summed E-state index contributed by atoms with van der Waals surface area (Å²) in [6.07, 6.45) is 1.88. The van der Waals surface area contributed by atoms with Crippen LogP contribution in [-0.2, 0) is 6.54 Å². The molecule has 1 aliphatic heterocycles. The van der Waals surface area contributed by atoms with Crippen LogP contribution in [0.5, 0.6) is 0 Å². The van der Waals surface area contributed by atoms with Crippen molar-refractivity contribution < 1.29 is 0 Å². The number of benzene rings is 1. The van der Waals surface area contributed by atoms with E-state index in [1.165, 1.54) is 10.7 Å². The van der Waals surface area contributed by atoms with E-state index in [-0.39, 0.29) is 0 Å². The second kappa shape index (κ2) is 5.59. The Morgan fingerprint density at radius 2 is 1.84 bits per heavy atom. The lowest BCUT2D eigenvalue weighted by Gasteiger charge is -2.35. The lowest BCUT2D eigenvalue weighted by molar-refractivity contribution is 0.249. The Hall–Kier alpha value is -1.59. The number of rotatable bonds is 3. The van der Waals surface area contributed by atoms with Gasteiger partial charge in [-0.25, -0.2) is 4.98 Å². The first-order valence-corrected chi connectivity index (χ1v) is 7.40. The summed E-state index contributed by atoms with van der Waals surface area (Å²) in [5.41, 5.74) is 7.81. The normalized spacial score (nSPS) is 16.7. The molecule has 1 saturated heterocycles. The van der Waals surface area contributed by atoms with Crippen molar-refractivity contribution in [3.63, 3.8) is 0 Å². The maximum absolute atomic E-state index is 5.72. The summed E-state index contributed by atoms with van der Waals surface area (Å²) in [4.78, 5) is 9.23. The Balaban J connectivity index is 1.56. The van der Waals surface area contributed by atoms with Crippen molar-refractivity contribution in [2.45, 2.75) is 6.54 Å². The molecule has 2 heterocycles. The molecule has 5 heteroatoms. The molecule has 0 spiro atoms. The van der Waals surface area contributed by atoms with Crippen LogP contribution in [0.1, 0.15) is 5.01 Å². The van der Waals surface area contributed by atoms with Crippen molar-refractivity contribution in [2.75, 3.05) is 36.8 Å². The number of nitrogens with zero attached hydrogens (tertiary/aromatic N) is 3. The molecular formula is C14H18N4S. The highest BCUT2D eigenvalue weighted by molar-refractivity contribution is 7.09. The lowest BCUT2D eigenvalue weighted by Crippen LogP contribution is -2.45. The highest BCUT2D eigenvalue weighted by atomic mass is 32.1. The van der Waals surface area contributed by atoms with E-state index < -0.39 is 0 Å². The molecule has 0 aliphatic carbocycles. The Labute approximate surface area is 117 Å². The summed E-state index contributed by atoms with van der Waals surface area (Å²) in [7, 11) is 0. The Morgan fingerprint density at radius 1 is 1.11 bits per heavy atom. The number of hydrogen-bond donors (Lipinski definition) is 1. The summed E-state index contributed by atoms with van der Waals surface area (Å²) < 4.78 is 0. The summed E-state index contributed by atoms with van der Waals surface area (Å²) >= 11 is 1.74. The highest BCUT2D eigenvalue weighted by Crippen LogP contribution is 2.19. The van der Waals surface area contributed by atoms with Crippen LogP contribution in [0.2, 0.25) is 0 Å². The molecule has 0 radical (unpaired) electrons. The largest absolute Gasteiger partial charge is 0.399 e. The molecule has 0 bridgehead atoms. The van der Waals surface area contributed by atoms with Crippen LogP contribution in [0.3, 0.4) is 0 Å². The van der Waals surface area contributed by atoms with Crippen LogP contribution >= 0.6 is 11.3 Å². The third-order valence-electron chi connectivity index (χ3n) is 3.47. The van der Waals surface area contributed by atoms with Crippen LogP contribution in [-0.4, -0.2) is 36.1 Å². The predicted octanol–water partition coefficient (Wildman–Crippen LogP) is 2.05. The quantitative estimate of drug-likeness (QED) is 0.870. The monoisotopic (exact) mass is 274 g/mol. The second-order valence-corrected chi connectivity index (χ2v) is 5.76. The van der Waals surface area contributed by atoms with E-state index >= 15 is 0 Å². The van der Waals surface area contributed by atoms with Crippen molar-refractivity contribution in [2.24, 2.45) is 0 Å². The van der Waals surface area contributed by atoms with Crippen LogP contribution in [0.15, 0.2) is 35.8 Å². The van der Waals surface area contributed by atoms with Gasteiger partial charge in [0.1, 0.15) is 5.01 Å². The van der Waals surface area contributed by atoms with Gasteiger partial charge in [-0.3, -0.25) is 4.90 Å². The van der Waals surface area contributed by atoms with Crippen molar-refractivity contribution in [3.05, 3.63) is 40.8 Å². The van der Waals surface area contributed by atoms with Crippen molar-refractivity contribution in [1.29, 1.82) is 0 Å². The van der Waals surface area contributed by atoms with Crippen LogP contribution in [0.25, 0.3) is 0 Å². The van der Waals surface area contributed by atoms with Gasteiger partial charge in [-0.2, -0.15) is 0 Å². The minimum atomic E-state index is 0.825. The smallest absolute Gasteiger partial charge is 0.107 e. The molecule has 1 aromatic carbocycles. The molecule has 0 saturated carbocycles. The molecule has 1 fully saturated rings. The first-order valence-electron chi connectivity index (χ1n) is 6.52. The van der Waals surface area contributed by atoms with Gasteiger partial charge in [0, 0.05) is 49.1 Å². The van der Waals surface area contributed by atoms with Gasteiger partial charge in [-0.1, -0.05) is 0 Å². The van der Waals surface area contributed by atoms with E-state index in [0.717, 1.165) is 38.4 Å². The van der Waals surface area contributed by atoms with Crippen LogP contribution in [0.4, 0.5) is 11.4 Å². The van der Waals surface area contributed by atoms with E-state index in [4.69, 9.17) is 5.73 Å². The molecule has 2 N–H and O–H groups in total. The maximum atomic E-state index is 5.72. The molecule has 100 valence electrons. The van der Waals surface area contributed by atoms with Crippen molar-refractivity contribution in [1.82, 2.24) is 9.88 Å². The van der Waals surface area contributed by atoms with Gasteiger partial charge >= 0.3 is 0 Å². The van der Waals surface area contributed by atoms with Crippen LogP contribution < -0.4 is 10.6 Å². The topological polar surface area (TPSA) is 45.4 Å². The molecule has 2 aromatic rings. The Kier molecular flexibility index (Phi) is 3.66. The number of hydrogen-bond acceptors (Lipinski definition) is 5. The molecule has 0 unspecified atom stereocenters. The summed E-state index contributed by atoms with van der Waals surface area (Å²) in [6.45, 7) is 5.28. The highest BCUT2D eigenvalue weighted by Gasteiger charge is 2.17. The fraction of sp³-hybridized carbons (Fsp3) is 0.357. The molecular weight excluding hydrogens is 256 g/mol. The maximum Gasteiger partial charge on any atom is 0.107 e. The van der Waals surface area contributed by atoms with E-state index in [2.05, 4.69) is 26.9 Å². The van der Waals surface area contributed by atoms with Crippen molar-refractivity contribution in [3.8, 4) is 0 Å². The van der Waals surface area contributed by atoms with Gasteiger partial charge in [-0.05, 0) is 24.3 Å². The average Bonchev–Trinajstić information content (AvgIpc) is 2.94. The molecule has 1 aromatic heterocycles. The fourth-order valence-electron chi connectivity index (χ4n) is 2.37. The van der Waals surface area contributed by atoms with Gasteiger partial charge in [0.15, 0.2) is 0 Å². The van der Waals surface area contributed by atoms with Gasteiger partial charge in [0.05, 0.1) is 6.54 Å². The molecule has 19 heavy (non-hydrogen) atoms.